The number of nitrogens with two attached hydrogens (primary N) is 2. The molecule has 1 fully saturated rings. The molecule has 1 aromatic heterocycles. The van der Waals surface area contributed by atoms with Crippen LogP contribution in [0.5, 0.6) is 0 Å². The van der Waals surface area contributed by atoms with E-state index in [4.69, 9.17) is 27.3 Å². The number of nitrogens with one attached hydrogen (secondary N) is 1. The summed E-state index contributed by atoms with van der Waals surface area (Å²) in [5, 5.41) is 7.25. The number of anilines is 1. The summed E-state index contributed by atoms with van der Waals surface area (Å²) in [6.07, 6.45) is 3.78. The van der Waals surface area contributed by atoms with E-state index in [1.807, 2.05) is 0 Å². The van der Waals surface area contributed by atoms with Gasteiger partial charge in [0.1, 0.15) is 24.4 Å². The average molecular weight is 446 g/mol. The van der Waals surface area contributed by atoms with E-state index in [-0.39, 0.29) is 21.7 Å². The highest BCUT2D eigenvalue weighted by Crippen LogP contribution is 2.24. The number of oxime groups is 1. The number of hydrogen-bond acceptors (Lipinski definition) is 11. The zero-order valence-electron chi connectivity index (χ0n) is 14.3. The normalized spacial score (nSPS) is 19.1. The Morgan fingerprint density at radius 2 is 2.21 bits per heavy atom. The molecule has 0 aromatic carbocycles. The van der Waals surface area contributed by atoms with E-state index in [0.29, 0.717) is 0 Å². The van der Waals surface area contributed by atoms with Gasteiger partial charge in [0.2, 0.25) is 0 Å². The van der Waals surface area contributed by atoms with Gasteiger partial charge in [0, 0.05) is 5.38 Å². The molecular weight excluding hydrogens is 432 g/mol. The highest BCUT2D eigenvalue weighted by Gasteiger charge is 2.54. The summed E-state index contributed by atoms with van der Waals surface area (Å²) < 4.78 is 36.3. The molecule has 1 aliphatic heterocycles. The number of thiazole rings is 1. The summed E-state index contributed by atoms with van der Waals surface area (Å²) in [5.41, 5.74) is 9.94. The lowest BCUT2D eigenvalue weighted by molar-refractivity contribution is -0.146. The van der Waals surface area contributed by atoms with Crippen molar-refractivity contribution in [2.45, 2.75) is 12.1 Å². The van der Waals surface area contributed by atoms with Gasteiger partial charge < -0.3 is 26.4 Å². The Morgan fingerprint density at radius 1 is 1.52 bits per heavy atom. The molecule has 2 unspecified atom stereocenters. The Balaban J connectivity index is 2.24. The average Bonchev–Trinajstić information content (AvgIpc) is 3.04. The predicted molar refractivity (Wildman–Crippen MR) is 97.5 cm³/mol. The second-order valence-electron chi connectivity index (χ2n) is 5.25. The minimum atomic E-state index is -4.97. The zero-order valence-corrected chi connectivity index (χ0v) is 16.0. The van der Waals surface area contributed by atoms with Crippen LogP contribution in [0, 0.1) is 12.3 Å². The number of nitrogen functional groups attached to an aromatic ring is 1. The minimum Gasteiger partial charge on any atom is -0.447 e. The van der Waals surface area contributed by atoms with Crippen LogP contribution in [0.25, 0.3) is 0 Å². The first-order valence-corrected chi connectivity index (χ1v) is 9.72. The number of ether oxygens (including phenoxy) is 1. The van der Waals surface area contributed by atoms with E-state index in [9.17, 15) is 22.8 Å². The van der Waals surface area contributed by atoms with Crippen LogP contribution in [0.1, 0.15) is 5.69 Å². The molecule has 156 valence electrons. The Kier molecular flexibility index (Phi) is 6.58. The Bertz CT molecular complexity index is 997. The fraction of sp³-hybridized carbons (Fsp3) is 0.308. The number of terminal acetylenes is 1. The lowest BCUT2D eigenvalue weighted by Crippen LogP contribution is -2.73. The van der Waals surface area contributed by atoms with Gasteiger partial charge in [0.25, 0.3) is 11.8 Å². The van der Waals surface area contributed by atoms with Crippen molar-refractivity contribution in [3.8, 4) is 12.3 Å². The van der Waals surface area contributed by atoms with Crippen molar-refractivity contribution in [3.05, 3.63) is 11.1 Å². The third-order valence-electron chi connectivity index (χ3n) is 3.38. The number of rotatable bonds is 8. The van der Waals surface area contributed by atoms with E-state index < -0.39 is 52.6 Å². The van der Waals surface area contributed by atoms with Crippen LogP contribution in [-0.4, -0.2) is 71.2 Å². The first-order chi connectivity index (χ1) is 13.6. The largest absolute Gasteiger partial charge is 0.447 e. The molecular formula is C13H14N6O8S2. The molecule has 29 heavy (non-hydrogen) atoms. The number of aromatic nitrogens is 1. The summed E-state index contributed by atoms with van der Waals surface area (Å²) in [4.78, 5) is 44.1. The second-order valence-corrected chi connectivity index (χ2v) is 7.43. The number of β-lactam (4-membered cyclic amide) rings is 1. The van der Waals surface area contributed by atoms with Crippen molar-refractivity contribution in [1.29, 1.82) is 0 Å². The van der Waals surface area contributed by atoms with Gasteiger partial charge in [0.05, 0.1) is 0 Å². The lowest BCUT2D eigenvalue weighted by atomic mass is 9.99. The van der Waals surface area contributed by atoms with Crippen molar-refractivity contribution < 1.29 is 36.9 Å². The molecule has 2 atom stereocenters. The number of carbonyl (C=O) groups is 3. The van der Waals surface area contributed by atoms with Crippen LogP contribution >= 0.6 is 11.3 Å². The van der Waals surface area contributed by atoms with Gasteiger partial charge in [-0.05, 0) is 0 Å². The number of primary amides is 1. The van der Waals surface area contributed by atoms with Gasteiger partial charge in [-0.15, -0.1) is 17.8 Å². The van der Waals surface area contributed by atoms with Crippen LogP contribution in [0.4, 0.5) is 9.93 Å². The highest BCUT2D eigenvalue weighted by molar-refractivity contribution is 7.84. The van der Waals surface area contributed by atoms with Crippen LogP contribution in [0.2, 0.25) is 0 Å². The van der Waals surface area contributed by atoms with Gasteiger partial charge >= 0.3 is 16.4 Å². The molecule has 1 aliphatic rings. The standard InChI is InChI=1S/C13H14N6O8S2/c1-2-3-27-18-8(6-5-28-12(14)16-6)10(20)17-9-7(4-26-13(15)22)19(11(9)21)29(23,24)25/h1,5,7,9H,3-4H2,(H2,14,16)(H2,15,22)(H,17,20)(H,23,24,25). The Morgan fingerprint density at radius 3 is 2.72 bits per heavy atom. The van der Waals surface area contributed by atoms with Crippen LogP contribution < -0.4 is 16.8 Å². The van der Waals surface area contributed by atoms with E-state index in [0.717, 1.165) is 11.3 Å². The van der Waals surface area contributed by atoms with Crippen molar-refractivity contribution in [3.63, 3.8) is 0 Å². The van der Waals surface area contributed by atoms with Gasteiger partial charge in [-0.3, -0.25) is 14.1 Å². The van der Waals surface area contributed by atoms with Crippen LogP contribution in [0.15, 0.2) is 10.5 Å². The fourth-order valence-corrected chi connectivity index (χ4v) is 3.65. The molecule has 0 aliphatic carbocycles. The maximum atomic E-state index is 12.6. The third-order valence-corrected chi connectivity index (χ3v) is 5.01. The zero-order chi connectivity index (χ0) is 21.8. The quantitative estimate of drug-likeness (QED) is 0.0833. The summed E-state index contributed by atoms with van der Waals surface area (Å²) >= 11 is 0.995. The highest BCUT2D eigenvalue weighted by atomic mass is 32.2. The Labute approximate surface area is 167 Å². The molecule has 3 amide bonds. The van der Waals surface area contributed by atoms with E-state index in [1.165, 1.54) is 5.38 Å². The molecule has 0 saturated carbocycles. The molecule has 1 aromatic rings. The molecule has 2 rings (SSSR count). The predicted octanol–water partition coefficient (Wildman–Crippen LogP) is -2.33. The molecule has 6 N–H and O–H groups in total. The summed E-state index contributed by atoms with van der Waals surface area (Å²) in [7, 11) is -4.97. The third kappa shape index (κ3) is 5.10. The smallest absolute Gasteiger partial charge is 0.404 e. The lowest BCUT2D eigenvalue weighted by Gasteiger charge is -2.43. The number of nitrogens with zero attached hydrogens (tertiary/aromatic N) is 3. The van der Waals surface area contributed by atoms with Crippen LogP contribution in [0.3, 0.4) is 0 Å². The molecule has 0 bridgehead atoms. The van der Waals surface area contributed by atoms with E-state index in [2.05, 4.69) is 26.1 Å². The SMILES string of the molecule is C#CCON=C(C(=O)NC1C(=O)N(S(=O)(=O)O)C1COC(N)=O)c1csc(N)n1. The van der Waals surface area contributed by atoms with Crippen molar-refractivity contribution in [2.75, 3.05) is 18.9 Å². The fourth-order valence-electron chi connectivity index (χ4n) is 2.24. The monoisotopic (exact) mass is 446 g/mol. The first kappa shape index (κ1) is 21.9. The summed E-state index contributed by atoms with van der Waals surface area (Å²) in [6, 6.07) is -2.93. The molecule has 14 nitrogen and oxygen atoms in total. The maximum Gasteiger partial charge on any atom is 0.404 e. The van der Waals surface area contributed by atoms with Gasteiger partial charge in [-0.1, -0.05) is 11.1 Å². The molecule has 2 heterocycles. The molecule has 16 heteroatoms. The first-order valence-electron chi connectivity index (χ1n) is 7.44. The molecule has 1 saturated heterocycles. The van der Waals surface area contributed by atoms with Crippen molar-refractivity contribution in [2.24, 2.45) is 10.9 Å². The second kappa shape index (κ2) is 8.72. The number of carbonyl (C=O) groups excluding carboxylic acids is 3. The molecule has 0 radical (unpaired) electrons. The van der Waals surface area contributed by atoms with E-state index in [1.54, 1.807) is 0 Å². The summed E-state index contributed by atoms with van der Waals surface area (Å²) in [5.74, 6) is -0.0490. The Hall–Kier alpha value is -3.42. The number of amides is 3. The van der Waals surface area contributed by atoms with Gasteiger partial charge in [-0.25, -0.2) is 14.1 Å². The minimum absolute atomic E-state index is 0.00497. The molecule has 0 spiro atoms. The number of hydrogen-bond donors (Lipinski definition) is 4. The van der Waals surface area contributed by atoms with Crippen molar-refractivity contribution in [1.82, 2.24) is 14.6 Å². The van der Waals surface area contributed by atoms with Crippen molar-refractivity contribution >= 4 is 50.4 Å². The summed E-state index contributed by atoms with van der Waals surface area (Å²) in [6.45, 7) is -0.986. The van der Waals surface area contributed by atoms with Gasteiger partial charge in [0.15, 0.2) is 17.5 Å². The van der Waals surface area contributed by atoms with E-state index >= 15 is 0 Å². The van der Waals surface area contributed by atoms with Crippen LogP contribution in [-0.2, 0) is 29.5 Å². The maximum absolute atomic E-state index is 12.6. The van der Waals surface area contributed by atoms with Gasteiger partial charge in [-0.2, -0.15) is 8.42 Å². The topological polar surface area (TPSA) is 217 Å².